The van der Waals surface area contributed by atoms with Crippen LogP contribution in [0.5, 0.6) is 11.5 Å². The number of thioether (sulfide) groups is 1. The average molecular weight is 434 g/mol. The monoisotopic (exact) mass is 433 g/mol. The van der Waals surface area contributed by atoms with Crippen LogP contribution in [0.2, 0.25) is 0 Å². The number of anilines is 1. The molecular weight excluding hydrogens is 410 g/mol. The zero-order valence-electron chi connectivity index (χ0n) is 17.5. The summed E-state index contributed by atoms with van der Waals surface area (Å²) < 4.78 is 5.23. The second-order valence-corrected chi connectivity index (χ2v) is 8.07. The quantitative estimate of drug-likeness (QED) is 0.225. The summed E-state index contributed by atoms with van der Waals surface area (Å²) in [6.45, 7) is 4.25. The molecule has 8 heteroatoms. The van der Waals surface area contributed by atoms with Gasteiger partial charge in [-0.3, -0.25) is 5.43 Å². The van der Waals surface area contributed by atoms with Crippen LogP contribution in [0.25, 0.3) is 11.3 Å². The van der Waals surface area contributed by atoms with Crippen LogP contribution in [-0.2, 0) is 0 Å². The van der Waals surface area contributed by atoms with Crippen LogP contribution in [-0.4, -0.2) is 34.2 Å². The van der Waals surface area contributed by atoms with Crippen molar-refractivity contribution < 1.29 is 9.84 Å². The minimum absolute atomic E-state index is 0.184. The summed E-state index contributed by atoms with van der Waals surface area (Å²) in [5.41, 5.74) is 5.31. The van der Waals surface area contributed by atoms with E-state index in [2.05, 4.69) is 40.4 Å². The van der Waals surface area contributed by atoms with Crippen molar-refractivity contribution in [2.45, 2.75) is 19.0 Å². The number of ether oxygens (including phenoxy) is 1. The van der Waals surface area contributed by atoms with Gasteiger partial charge in [0.05, 0.1) is 19.0 Å². The summed E-state index contributed by atoms with van der Waals surface area (Å²) in [4.78, 5) is 9.17. The molecule has 1 aromatic heterocycles. The van der Waals surface area contributed by atoms with E-state index in [0.29, 0.717) is 28.1 Å². The summed E-state index contributed by atoms with van der Waals surface area (Å²) in [6, 6.07) is 16.2. The van der Waals surface area contributed by atoms with Crippen LogP contribution in [0.4, 0.5) is 5.82 Å². The Morgan fingerprint density at radius 2 is 1.87 bits per heavy atom. The van der Waals surface area contributed by atoms with Crippen LogP contribution in [0.3, 0.4) is 0 Å². The van der Waals surface area contributed by atoms with E-state index >= 15 is 0 Å². The molecule has 0 fully saturated rings. The fraction of sp³-hybridized carbons (Fsp3) is 0.217. The van der Waals surface area contributed by atoms with E-state index in [1.54, 1.807) is 37.6 Å². The van der Waals surface area contributed by atoms with Gasteiger partial charge in [0.25, 0.3) is 0 Å². The van der Waals surface area contributed by atoms with Gasteiger partial charge in [-0.15, -0.1) is 0 Å². The van der Waals surface area contributed by atoms with Crippen LogP contribution in [0, 0.1) is 17.2 Å². The van der Waals surface area contributed by atoms with E-state index in [4.69, 9.17) is 4.74 Å². The van der Waals surface area contributed by atoms with Gasteiger partial charge in [-0.25, -0.2) is 9.97 Å². The van der Waals surface area contributed by atoms with Crippen LogP contribution in [0.15, 0.2) is 58.8 Å². The molecule has 2 aromatic carbocycles. The van der Waals surface area contributed by atoms with E-state index in [1.165, 1.54) is 11.8 Å². The summed E-state index contributed by atoms with van der Waals surface area (Å²) >= 11 is 1.53. The molecule has 3 rings (SSSR count). The Morgan fingerprint density at radius 1 is 1.16 bits per heavy atom. The lowest BCUT2D eigenvalue weighted by molar-refractivity contribution is 0.415. The van der Waals surface area contributed by atoms with Crippen molar-refractivity contribution in [2.24, 2.45) is 11.0 Å². The molecular formula is C23H23N5O2S. The number of hydrogen-bond donors (Lipinski definition) is 2. The van der Waals surface area contributed by atoms with Crippen molar-refractivity contribution in [1.82, 2.24) is 9.97 Å². The molecule has 0 atom stereocenters. The van der Waals surface area contributed by atoms with Gasteiger partial charge < -0.3 is 9.84 Å². The first-order valence-corrected chi connectivity index (χ1v) is 10.7. The molecule has 3 aromatic rings. The average Bonchev–Trinajstić information content (AvgIpc) is 2.78. The van der Waals surface area contributed by atoms with Crippen LogP contribution >= 0.6 is 11.8 Å². The standard InChI is InChI=1S/C23H23N5O2S/c1-15(2)14-31-23-26-21(17-6-10-19(30-3)11-7-17)20(12-24)22(27-23)28-25-13-16-4-8-18(29)9-5-16/h4-11,13,15,29H,14H2,1-3H3,(H,26,27,28)/b25-13-. The topological polar surface area (TPSA) is 103 Å². The molecule has 0 unspecified atom stereocenters. The largest absolute Gasteiger partial charge is 0.508 e. The van der Waals surface area contributed by atoms with E-state index < -0.39 is 0 Å². The first-order valence-electron chi connectivity index (χ1n) is 9.67. The molecule has 158 valence electrons. The number of aromatic nitrogens is 2. The number of hydrogen-bond acceptors (Lipinski definition) is 8. The van der Waals surface area contributed by atoms with Crippen molar-refractivity contribution in [3.8, 4) is 28.8 Å². The lowest BCUT2D eigenvalue weighted by Gasteiger charge is -2.12. The van der Waals surface area contributed by atoms with Gasteiger partial charge in [-0.05, 0) is 60.0 Å². The van der Waals surface area contributed by atoms with Crippen molar-refractivity contribution in [2.75, 3.05) is 18.3 Å². The number of phenolic OH excluding ortho intramolecular Hbond substituents is 1. The van der Waals surface area contributed by atoms with E-state index in [9.17, 15) is 10.4 Å². The molecule has 31 heavy (non-hydrogen) atoms. The Hall–Kier alpha value is -3.57. The molecule has 0 radical (unpaired) electrons. The molecule has 1 heterocycles. The van der Waals surface area contributed by atoms with Gasteiger partial charge in [0.2, 0.25) is 0 Å². The smallest absolute Gasteiger partial charge is 0.190 e. The fourth-order valence-electron chi connectivity index (χ4n) is 2.62. The van der Waals surface area contributed by atoms with Gasteiger partial charge in [-0.1, -0.05) is 25.6 Å². The van der Waals surface area contributed by atoms with Gasteiger partial charge >= 0.3 is 0 Å². The molecule has 0 bridgehead atoms. The second-order valence-electron chi connectivity index (χ2n) is 7.09. The van der Waals surface area contributed by atoms with Crippen molar-refractivity contribution >= 4 is 23.8 Å². The summed E-state index contributed by atoms with van der Waals surface area (Å²) in [5.74, 6) is 2.57. The van der Waals surface area contributed by atoms with Gasteiger partial charge in [0.15, 0.2) is 11.0 Å². The second kappa shape index (κ2) is 10.5. The Labute approximate surface area is 185 Å². The highest BCUT2D eigenvalue weighted by atomic mass is 32.2. The van der Waals surface area contributed by atoms with Crippen LogP contribution in [0.1, 0.15) is 25.0 Å². The number of nitrogens with one attached hydrogen (secondary N) is 1. The number of hydrazone groups is 1. The highest BCUT2D eigenvalue weighted by Gasteiger charge is 2.17. The van der Waals surface area contributed by atoms with E-state index in [-0.39, 0.29) is 5.75 Å². The first-order chi connectivity index (χ1) is 15.0. The molecule has 0 spiro atoms. The number of rotatable bonds is 8. The maximum Gasteiger partial charge on any atom is 0.190 e. The number of nitriles is 1. The lowest BCUT2D eigenvalue weighted by atomic mass is 10.1. The number of aromatic hydroxyl groups is 1. The zero-order valence-corrected chi connectivity index (χ0v) is 18.3. The predicted octanol–water partition coefficient (Wildman–Crippen LogP) is 4.92. The van der Waals surface area contributed by atoms with Crippen molar-refractivity contribution in [3.05, 3.63) is 59.7 Å². The minimum Gasteiger partial charge on any atom is -0.508 e. The maximum atomic E-state index is 9.84. The summed E-state index contributed by atoms with van der Waals surface area (Å²) in [6.07, 6.45) is 1.59. The third kappa shape index (κ3) is 5.96. The lowest BCUT2D eigenvalue weighted by Crippen LogP contribution is -2.04. The molecule has 0 aliphatic carbocycles. The van der Waals surface area contributed by atoms with Crippen molar-refractivity contribution in [1.29, 1.82) is 5.26 Å². The molecule has 0 saturated carbocycles. The molecule has 7 nitrogen and oxygen atoms in total. The zero-order chi connectivity index (χ0) is 22.2. The number of nitrogens with zero attached hydrogens (tertiary/aromatic N) is 4. The molecule has 0 aliphatic rings. The number of benzene rings is 2. The SMILES string of the molecule is COc1ccc(-c2nc(SCC(C)C)nc(N/N=C\c3ccc(O)cc3)c2C#N)cc1. The number of methoxy groups -OCH3 is 1. The maximum absolute atomic E-state index is 9.84. The Kier molecular flexibility index (Phi) is 7.46. The molecule has 0 amide bonds. The normalized spacial score (nSPS) is 10.9. The van der Waals surface area contributed by atoms with Crippen LogP contribution < -0.4 is 10.2 Å². The van der Waals surface area contributed by atoms with Gasteiger partial charge in [-0.2, -0.15) is 10.4 Å². The fourth-order valence-corrected chi connectivity index (χ4v) is 3.41. The molecule has 0 aliphatic heterocycles. The van der Waals surface area contributed by atoms with Crippen molar-refractivity contribution in [3.63, 3.8) is 0 Å². The van der Waals surface area contributed by atoms with E-state index in [1.807, 2.05) is 24.3 Å². The third-order valence-corrected chi connectivity index (χ3v) is 5.46. The Morgan fingerprint density at radius 3 is 2.48 bits per heavy atom. The summed E-state index contributed by atoms with van der Waals surface area (Å²) in [5, 5.41) is 24.0. The van der Waals surface area contributed by atoms with Gasteiger partial charge in [0, 0.05) is 11.3 Å². The Balaban J connectivity index is 1.97. The summed E-state index contributed by atoms with van der Waals surface area (Å²) in [7, 11) is 1.61. The highest BCUT2D eigenvalue weighted by molar-refractivity contribution is 7.99. The Bertz CT molecular complexity index is 1090. The first kappa shape index (κ1) is 22.1. The third-order valence-electron chi connectivity index (χ3n) is 4.19. The molecule has 0 saturated heterocycles. The predicted molar refractivity (Wildman–Crippen MR) is 124 cm³/mol. The number of phenols is 1. The van der Waals surface area contributed by atoms with Gasteiger partial charge in [0.1, 0.15) is 23.1 Å². The minimum atomic E-state index is 0.184. The molecule has 2 N–H and O–H groups in total. The highest BCUT2D eigenvalue weighted by Crippen LogP contribution is 2.30. The van der Waals surface area contributed by atoms with E-state index in [0.717, 1.165) is 22.6 Å².